The summed E-state index contributed by atoms with van der Waals surface area (Å²) in [5, 5.41) is 12.2. The van der Waals surface area contributed by atoms with Gasteiger partial charge in [0.1, 0.15) is 0 Å². The number of hydrogen-bond acceptors (Lipinski definition) is 5. The third-order valence-electron chi connectivity index (χ3n) is 4.40. The minimum absolute atomic E-state index is 0.135. The Labute approximate surface area is 148 Å². The Morgan fingerprint density at radius 2 is 1.52 bits per heavy atom. The molecule has 25 heavy (non-hydrogen) atoms. The maximum absolute atomic E-state index is 12.7. The summed E-state index contributed by atoms with van der Waals surface area (Å²) < 4.78 is 0. The highest BCUT2D eigenvalue weighted by molar-refractivity contribution is 6.22. The molecular formula is C20H26N4O. The first kappa shape index (κ1) is 17.8. The first-order chi connectivity index (χ1) is 12.3. The normalized spacial score (nSPS) is 13.3. The predicted molar refractivity (Wildman–Crippen MR) is 104 cm³/mol. The number of carbonyl (C=O) groups excluding carboxylic acids is 1. The Hall–Kier alpha value is -2.05. The number of nitrogens with two attached hydrogens (primary N) is 1. The van der Waals surface area contributed by atoms with E-state index in [0.29, 0.717) is 13.1 Å². The van der Waals surface area contributed by atoms with Gasteiger partial charge in [0.2, 0.25) is 0 Å². The topological polar surface area (TPSA) is 79.2 Å². The van der Waals surface area contributed by atoms with Gasteiger partial charge in [-0.2, -0.15) is 0 Å². The molecule has 5 heteroatoms. The number of nitrogens with one attached hydrogen (secondary N) is 3. The van der Waals surface area contributed by atoms with Crippen molar-refractivity contribution in [1.82, 2.24) is 16.0 Å². The van der Waals surface area contributed by atoms with Crippen molar-refractivity contribution in [3.8, 4) is 0 Å². The molecule has 132 valence electrons. The highest BCUT2D eigenvalue weighted by Crippen LogP contribution is 2.30. The molecule has 0 aliphatic heterocycles. The standard InChI is InChI=1S/C20H26N4O/c21-7-8-22-9-10-23-11-12-24-14-17-13-16-5-1-3-15-4-2-6-18(19(15)16)20(17)25/h1-6,13,22-24H,7-12,14,21H2. The Bertz CT molecular complexity index is 764. The second-order valence-electron chi connectivity index (χ2n) is 6.22. The summed E-state index contributed by atoms with van der Waals surface area (Å²) in [6.07, 6.45) is 2.02. The van der Waals surface area contributed by atoms with Crippen LogP contribution in [0.5, 0.6) is 0 Å². The van der Waals surface area contributed by atoms with Crippen molar-refractivity contribution in [2.45, 2.75) is 0 Å². The van der Waals surface area contributed by atoms with Gasteiger partial charge in [-0.25, -0.2) is 0 Å². The summed E-state index contributed by atoms with van der Waals surface area (Å²) >= 11 is 0. The van der Waals surface area contributed by atoms with Gasteiger partial charge in [0, 0.05) is 62.3 Å². The van der Waals surface area contributed by atoms with E-state index in [-0.39, 0.29) is 5.78 Å². The van der Waals surface area contributed by atoms with Gasteiger partial charge in [0.05, 0.1) is 0 Å². The molecule has 0 radical (unpaired) electrons. The Balaban J connectivity index is 1.50. The Morgan fingerprint density at radius 1 is 0.840 bits per heavy atom. The smallest absolute Gasteiger partial charge is 0.190 e. The van der Waals surface area contributed by atoms with Crippen LogP contribution in [-0.4, -0.2) is 51.6 Å². The lowest BCUT2D eigenvalue weighted by molar-refractivity contribution is 0.103. The zero-order valence-electron chi connectivity index (χ0n) is 14.5. The van der Waals surface area contributed by atoms with Gasteiger partial charge >= 0.3 is 0 Å². The molecule has 0 bridgehead atoms. The van der Waals surface area contributed by atoms with Crippen LogP contribution in [0.1, 0.15) is 15.9 Å². The van der Waals surface area contributed by atoms with E-state index < -0.39 is 0 Å². The second kappa shape index (κ2) is 8.87. The van der Waals surface area contributed by atoms with Crippen molar-refractivity contribution in [3.63, 3.8) is 0 Å². The molecule has 1 aliphatic rings. The number of ketones is 1. The van der Waals surface area contributed by atoms with Gasteiger partial charge < -0.3 is 21.7 Å². The molecule has 0 heterocycles. The molecule has 0 atom stereocenters. The van der Waals surface area contributed by atoms with Crippen molar-refractivity contribution >= 4 is 22.6 Å². The summed E-state index contributed by atoms with van der Waals surface area (Å²) in [6, 6.07) is 12.1. The van der Waals surface area contributed by atoms with Crippen LogP contribution in [-0.2, 0) is 0 Å². The summed E-state index contributed by atoms with van der Waals surface area (Å²) in [5.74, 6) is 0.135. The van der Waals surface area contributed by atoms with Crippen LogP contribution in [0.25, 0.3) is 16.8 Å². The largest absolute Gasteiger partial charge is 0.329 e. The third kappa shape index (κ3) is 4.32. The number of Topliss-reactive ketones (excluding diaryl/α,β-unsaturated/α-hetero) is 1. The summed E-state index contributed by atoms with van der Waals surface area (Å²) in [4.78, 5) is 12.7. The van der Waals surface area contributed by atoms with E-state index in [1.807, 2.05) is 24.3 Å². The molecule has 0 unspecified atom stereocenters. The maximum atomic E-state index is 12.7. The molecule has 0 fully saturated rings. The van der Waals surface area contributed by atoms with Crippen LogP contribution in [0.15, 0.2) is 42.0 Å². The van der Waals surface area contributed by atoms with E-state index in [1.165, 1.54) is 0 Å². The fourth-order valence-corrected chi connectivity index (χ4v) is 3.17. The average molecular weight is 338 g/mol. The molecular weight excluding hydrogens is 312 g/mol. The van der Waals surface area contributed by atoms with Crippen molar-refractivity contribution in [3.05, 3.63) is 53.1 Å². The number of rotatable bonds is 10. The monoisotopic (exact) mass is 338 g/mol. The zero-order chi connectivity index (χ0) is 17.5. The van der Waals surface area contributed by atoms with Crippen molar-refractivity contribution in [2.24, 2.45) is 5.73 Å². The molecule has 2 aromatic carbocycles. The van der Waals surface area contributed by atoms with Gasteiger partial charge in [-0.15, -0.1) is 0 Å². The van der Waals surface area contributed by atoms with Gasteiger partial charge in [-0.3, -0.25) is 4.79 Å². The molecule has 0 amide bonds. The number of benzene rings is 2. The van der Waals surface area contributed by atoms with Crippen LogP contribution in [0.4, 0.5) is 0 Å². The van der Waals surface area contributed by atoms with E-state index in [9.17, 15) is 4.79 Å². The van der Waals surface area contributed by atoms with E-state index >= 15 is 0 Å². The van der Waals surface area contributed by atoms with Crippen LogP contribution < -0.4 is 21.7 Å². The molecule has 2 aromatic rings. The van der Waals surface area contributed by atoms with Crippen LogP contribution in [0, 0.1) is 0 Å². The molecule has 5 N–H and O–H groups in total. The maximum Gasteiger partial charge on any atom is 0.190 e. The summed E-state index contributed by atoms with van der Waals surface area (Å²) in [7, 11) is 0. The highest BCUT2D eigenvalue weighted by atomic mass is 16.1. The quantitative estimate of drug-likeness (QED) is 0.489. The average Bonchev–Trinajstić information content (AvgIpc) is 2.64. The minimum Gasteiger partial charge on any atom is -0.329 e. The first-order valence-electron chi connectivity index (χ1n) is 8.90. The summed E-state index contributed by atoms with van der Waals surface area (Å²) in [6.45, 7) is 5.65. The van der Waals surface area contributed by atoms with Crippen molar-refractivity contribution in [2.75, 3.05) is 45.8 Å². The zero-order valence-corrected chi connectivity index (χ0v) is 14.5. The van der Waals surface area contributed by atoms with Crippen LogP contribution in [0.3, 0.4) is 0 Å². The lowest BCUT2D eigenvalue weighted by Crippen LogP contribution is -2.35. The van der Waals surface area contributed by atoms with Gasteiger partial charge in [0.25, 0.3) is 0 Å². The minimum atomic E-state index is 0.135. The Kier molecular flexibility index (Phi) is 6.30. The van der Waals surface area contributed by atoms with Gasteiger partial charge in [-0.1, -0.05) is 36.4 Å². The fourth-order valence-electron chi connectivity index (χ4n) is 3.17. The molecule has 0 aromatic heterocycles. The SMILES string of the molecule is NCCNCCNCCNCC1=Cc2cccc3cccc(c23)C1=O. The lowest BCUT2D eigenvalue weighted by Gasteiger charge is -2.17. The number of carbonyl (C=O) groups is 1. The molecule has 1 aliphatic carbocycles. The van der Waals surface area contributed by atoms with E-state index in [4.69, 9.17) is 5.73 Å². The van der Waals surface area contributed by atoms with Crippen molar-refractivity contribution < 1.29 is 4.79 Å². The molecule has 0 spiro atoms. The predicted octanol–water partition coefficient (Wildman–Crippen LogP) is 1.15. The van der Waals surface area contributed by atoms with E-state index in [1.54, 1.807) is 0 Å². The van der Waals surface area contributed by atoms with E-state index in [2.05, 4.69) is 34.1 Å². The van der Waals surface area contributed by atoms with E-state index in [0.717, 1.165) is 60.2 Å². The van der Waals surface area contributed by atoms with Crippen LogP contribution >= 0.6 is 0 Å². The lowest BCUT2D eigenvalue weighted by atomic mass is 9.88. The summed E-state index contributed by atoms with van der Waals surface area (Å²) in [5.41, 5.74) is 8.20. The van der Waals surface area contributed by atoms with Crippen LogP contribution in [0.2, 0.25) is 0 Å². The van der Waals surface area contributed by atoms with Crippen molar-refractivity contribution in [1.29, 1.82) is 0 Å². The highest BCUT2D eigenvalue weighted by Gasteiger charge is 2.20. The van der Waals surface area contributed by atoms with Gasteiger partial charge in [0.15, 0.2) is 5.78 Å². The molecule has 0 saturated heterocycles. The fraction of sp³-hybridized carbons (Fsp3) is 0.350. The van der Waals surface area contributed by atoms with Gasteiger partial charge in [-0.05, 0) is 17.0 Å². The Morgan fingerprint density at radius 3 is 2.28 bits per heavy atom. The number of hydrogen-bond donors (Lipinski definition) is 4. The third-order valence-corrected chi connectivity index (χ3v) is 4.40. The second-order valence-corrected chi connectivity index (χ2v) is 6.22. The molecule has 0 saturated carbocycles. The first-order valence-corrected chi connectivity index (χ1v) is 8.90. The molecule has 3 rings (SSSR count). The molecule has 5 nitrogen and oxygen atoms in total.